The first-order valence-electron chi connectivity index (χ1n) is 14.2. The highest BCUT2D eigenvalue weighted by atomic mass is 15.5. The van der Waals surface area contributed by atoms with Crippen molar-refractivity contribution >= 4 is 22.9 Å². The maximum Gasteiger partial charge on any atom is 0.161 e. The molecular formula is C34H34N6. The van der Waals surface area contributed by atoms with E-state index in [2.05, 4.69) is 140 Å². The summed E-state index contributed by atoms with van der Waals surface area (Å²) in [4.78, 5) is 20.1. The van der Waals surface area contributed by atoms with Crippen LogP contribution in [0, 0.1) is 12.3 Å². The van der Waals surface area contributed by atoms with Crippen LogP contribution in [0.2, 0.25) is 0 Å². The van der Waals surface area contributed by atoms with Crippen molar-refractivity contribution < 1.29 is 0 Å². The van der Waals surface area contributed by atoms with Crippen molar-refractivity contribution in [2.45, 2.75) is 44.9 Å². The predicted molar refractivity (Wildman–Crippen MR) is 162 cm³/mol. The van der Waals surface area contributed by atoms with E-state index < -0.39 is 0 Å². The van der Waals surface area contributed by atoms with E-state index in [1.165, 1.54) is 28.1 Å². The quantitative estimate of drug-likeness (QED) is 0.284. The molecule has 0 N–H and O–H groups in total. The van der Waals surface area contributed by atoms with E-state index in [4.69, 9.17) is 9.97 Å². The van der Waals surface area contributed by atoms with Crippen molar-refractivity contribution in [3.05, 3.63) is 108 Å². The molecule has 0 spiro atoms. The number of aryl methyl sites for hydroxylation is 1. The number of para-hydroxylation sites is 2. The number of nitrogens with zero attached hydrogens (tertiary/aromatic N) is 6. The second-order valence-corrected chi connectivity index (χ2v) is 12.3. The summed E-state index contributed by atoms with van der Waals surface area (Å²) in [6.45, 7) is 7.13. The Bertz CT molecular complexity index is 1710. The average molecular weight is 527 g/mol. The number of benzene rings is 3. The van der Waals surface area contributed by atoms with Crippen molar-refractivity contribution in [2.75, 3.05) is 28.8 Å². The van der Waals surface area contributed by atoms with Gasteiger partial charge in [0.05, 0.1) is 11.6 Å². The van der Waals surface area contributed by atoms with Gasteiger partial charge in [0.2, 0.25) is 0 Å². The molecule has 4 unspecified atom stereocenters. The molecule has 0 amide bonds. The molecule has 5 heterocycles. The molecule has 0 saturated carbocycles. The van der Waals surface area contributed by atoms with Crippen LogP contribution in [0.25, 0.3) is 11.4 Å². The lowest BCUT2D eigenvalue weighted by atomic mass is 9.54. The maximum atomic E-state index is 5.25. The molecule has 3 aromatic carbocycles. The van der Waals surface area contributed by atoms with E-state index in [0.717, 1.165) is 29.3 Å². The number of hydrogen-bond donors (Lipinski definition) is 0. The Balaban J connectivity index is 1.40. The van der Waals surface area contributed by atoms with Gasteiger partial charge in [-0.2, -0.15) is 0 Å². The van der Waals surface area contributed by atoms with Gasteiger partial charge >= 0.3 is 0 Å². The minimum atomic E-state index is -0.239. The van der Waals surface area contributed by atoms with Crippen LogP contribution in [-0.4, -0.2) is 41.3 Å². The summed E-state index contributed by atoms with van der Waals surface area (Å²) >= 11 is 0. The summed E-state index contributed by atoms with van der Waals surface area (Å²) in [6, 6.07) is 26.3. The molecule has 6 nitrogen and oxygen atoms in total. The molecule has 4 aliphatic heterocycles. The van der Waals surface area contributed by atoms with Gasteiger partial charge in [0.15, 0.2) is 11.6 Å². The van der Waals surface area contributed by atoms with Crippen molar-refractivity contribution in [2.24, 2.45) is 5.41 Å². The first-order chi connectivity index (χ1) is 19.3. The number of rotatable bonds is 1. The van der Waals surface area contributed by atoms with Crippen LogP contribution in [0.1, 0.15) is 30.5 Å². The number of aromatic nitrogens is 2. The van der Waals surface area contributed by atoms with Crippen LogP contribution < -0.4 is 14.7 Å². The van der Waals surface area contributed by atoms with Crippen LogP contribution in [-0.2, 0) is 11.8 Å². The van der Waals surface area contributed by atoms with E-state index in [1.807, 2.05) is 6.20 Å². The molecule has 0 aliphatic carbocycles. The summed E-state index contributed by atoms with van der Waals surface area (Å²) in [6.07, 6.45) is 7.66. The van der Waals surface area contributed by atoms with Crippen LogP contribution in [0.5, 0.6) is 0 Å². The lowest BCUT2D eigenvalue weighted by Crippen LogP contribution is -2.70. The van der Waals surface area contributed by atoms with Crippen molar-refractivity contribution in [3.63, 3.8) is 0 Å². The minimum Gasteiger partial charge on any atom is -0.358 e. The molecule has 6 heteroatoms. The van der Waals surface area contributed by atoms with Crippen LogP contribution in [0.15, 0.2) is 91.4 Å². The first kappa shape index (κ1) is 23.6. The molecule has 1 aromatic heterocycles. The molecule has 4 atom stereocenters. The summed E-state index contributed by atoms with van der Waals surface area (Å²) in [5, 5.41) is 0. The molecule has 0 saturated heterocycles. The Morgan fingerprint density at radius 3 is 2.35 bits per heavy atom. The van der Waals surface area contributed by atoms with Crippen molar-refractivity contribution in [1.82, 2.24) is 14.9 Å². The first-order valence-corrected chi connectivity index (χ1v) is 14.2. The van der Waals surface area contributed by atoms with Crippen LogP contribution in [0.4, 0.5) is 22.9 Å². The van der Waals surface area contributed by atoms with E-state index in [0.29, 0.717) is 0 Å². The normalized spacial score (nSPS) is 27.4. The second-order valence-electron chi connectivity index (χ2n) is 12.3. The Labute approximate surface area is 236 Å². The van der Waals surface area contributed by atoms with Crippen molar-refractivity contribution in [3.8, 4) is 11.4 Å². The Morgan fingerprint density at radius 2 is 1.52 bits per heavy atom. The predicted octanol–water partition coefficient (Wildman–Crippen LogP) is 6.45. The highest BCUT2D eigenvalue weighted by Gasteiger charge is 2.67. The third kappa shape index (κ3) is 2.74. The van der Waals surface area contributed by atoms with Crippen LogP contribution in [0.3, 0.4) is 0 Å². The van der Waals surface area contributed by atoms with E-state index in [1.54, 1.807) is 0 Å². The topological polar surface area (TPSA) is 38.7 Å². The molecule has 200 valence electrons. The van der Waals surface area contributed by atoms with Crippen LogP contribution >= 0.6 is 0 Å². The lowest BCUT2D eigenvalue weighted by Gasteiger charge is -2.61. The van der Waals surface area contributed by atoms with E-state index in [9.17, 15) is 0 Å². The maximum absolute atomic E-state index is 5.25. The molecule has 8 rings (SSSR count). The highest BCUT2D eigenvalue weighted by molar-refractivity contribution is 5.86. The van der Waals surface area contributed by atoms with E-state index >= 15 is 0 Å². The summed E-state index contributed by atoms with van der Waals surface area (Å²) in [7, 11) is 4.45. The van der Waals surface area contributed by atoms with Gasteiger partial charge in [-0.05, 0) is 42.2 Å². The lowest BCUT2D eigenvalue weighted by molar-refractivity contribution is 0.0283. The Kier molecular flexibility index (Phi) is 4.64. The number of hydrogen-bond acceptors (Lipinski definition) is 6. The highest BCUT2D eigenvalue weighted by Crippen LogP contribution is 2.65. The SMILES string of the molecule is Cc1ccccc1-c1ncc2c(n1)N(C)C1N2c2ccccc2C2(C)Cc3ccccc3N3C=CN(C)C3C12C. The molecule has 4 aromatic rings. The molecule has 4 aliphatic rings. The van der Waals surface area contributed by atoms with Gasteiger partial charge in [0.1, 0.15) is 18.0 Å². The zero-order valence-corrected chi connectivity index (χ0v) is 23.7. The minimum absolute atomic E-state index is 0.0352. The zero-order chi connectivity index (χ0) is 27.4. The van der Waals surface area contributed by atoms with Gasteiger partial charge in [0, 0.05) is 48.8 Å². The Hall–Kier alpha value is -4.32. The monoisotopic (exact) mass is 526 g/mol. The van der Waals surface area contributed by atoms with E-state index in [-0.39, 0.29) is 23.2 Å². The third-order valence-corrected chi connectivity index (χ3v) is 10.3. The molecule has 0 radical (unpaired) electrons. The zero-order valence-electron chi connectivity index (χ0n) is 23.7. The largest absolute Gasteiger partial charge is 0.358 e. The number of anilines is 4. The van der Waals surface area contributed by atoms with Gasteiger partial charge in [-0.15, -0.1) is 0 Å². The summed E-state index contributed by atoms with van der Waals surface area (Å²) in [5.74, 6) is 1.76. The fourth-order valence-electron chi connectivity index (χ4n) is 8.28. The number of fused-ring (bicyclic) bond motifs is 12. The second kappa shape index (κ2) is 7.87. The molecule has 0 bridgehead atoms. The third-order valence-electron chi connectivity index (χ3n) is 10.3. The van der Waals surface area contributed by atoms with Gasteiger partial charge in [-0.1, -0.05) is 74.5 Å². The van der Waals surface area contributed by atoms with Gasteiger partial charge < -0.3 is 19.6 Å². The van der Waals surface area contributed by atoms with Crippen molar-refractivity contribution in [1.29, 1.82) is 0 Å². The average Bonchev–Trinajstić information content (AvgIpc) is 3.47. The Morgan fingerprint density at radius 1 is 0.800 bits per heavy atom. The van der Waals surface area contributed by atoms with Gasteiger partial charge in [-0.3, -0.25) is 0 Å². The fraction of sp³-hybridized carbons (Fsp3) is 0.294. The smallest absolute Gasteiger partial charge is 0.161 e. The molecule has 40 heavy (non-hydrogen) atoms. The van der Waals surface area contributed by atoms with Gasteiger partial charge in [-0.25, -0.2) is 9.97 Å². The standard InChI is InChI=1S/C34H34N6/c1-22-12-6-8-14-24(22)29-35-21-28-30(36-29)38(5)32-34(3)31-37(4)18-19-39(31)26-16-10-7-13-23(26)20-33(34,2)25-15-9-11-17-27(25)40(28)32/h6-19,21,31-32H,20H2,1-5H3. The molecular weight excluding hydrogens is 492 g/mol. The summed E-state index contributed by atoms with van der Waals surface area (Å²) in [5.41, 5.74) is 8.26. The fourth-order valence-corrected chi connectivity index (χ4v) is 8.28. The van der Waals surface area contributed by atoms with Gasteiger partial charge in [0.25, 0.3) is 0 Å². The summed E-state index contributed by atoms with van der Waals surface area (Å²) < 4.78 is 0. The molecule has 0 fully saturated rings.